The number of aryl methyl sites for hydroxylation is 1. The quantitative estimate of drug-likeness (QED) is 0.779. The van der Waals surface area contributed by atoms with Gasteiger partial charge in [0.1, 0.15) is 0 Å². The minimum Gasteiger partial charge on any atom is -0.398 e. The van der Waals surface area contributed by atoms with Crippen molar-refractivity contribution in [1.82, 2.24) is 9.78 Å². The summed E-state index contributed by atoms with van der Waals surface area (Å²) in [7, 11) is 0. The molecular formula is C13H15N3. The third kappa shape index (κ3) is 1.58. The molecule has 2 aromatic rings. The predicted molar refractivity (Wildman–Crippen MR) is 65.1 cm³/mol. The first-order valence-electron chi connectivity index (χ1n) is 5.65. The van der Waals surface area contributed by atoms with E-state index in [1.807, 2.05) is 19.2 Å². The Hall–Kier alpha value is -1.77. The maximum absolute atomic E-state index is 6.02. The maximum Gasteiger partial charge on any atom is 0.0569 e. The molecular weight excluding hydrogens is 198 g/mol. The van der Waals surface area contributed by atoms with Gasteiger partial charge in [-0.15, -0.1) is 0 Å². The Morgan fingerprint density at radius 3 is 2.88 bits per heavy atom. The zero-order chi connectivity index (χ0) is 11.1. The highest BCUT2D eigenvalue weighted by Crippen LogP contribution is 2.35. The highest BCUT2D eigenvalue weighted by atomic mass is 15.3. The number of rotatable bonds is 2. The van der Waals surface area contributed by atoms with Gasteiger partial charge in [-0.25, -0.2) is 0 Å². The molecule has 1 saturated carbocycles. The van der Waals surface area contributed by atoms with E-state index < -0.39 is 0 Å². The maximum atomic E-state index is 6.02. The van der Waals surface area contributed by atoms with Crippen molar-refractivity contribution < 1.29 is 0 Å². The highest BCUT2D eigenvalue weighted by molar-refractivity contribution is 5.75. The standard InChI is InChI=1S/C13H15N3/c1-9-2-5-12(13(14)6-9)10-7-15-16(8-10)11-3-4-11/h2,5-8,11H,3-4,14H2,1H3. The van der Waals surface area contributed by atoms with Gasteiger partial charge in [0.05, 0.1) is 12.2 Å². The summed E-state index contributed by atoms with van der Waals surface area (Å²) in [6, 6.07) is 6.78. The van der Waals surface area contributed by atoms with Crippen molar-refractivity contribution in [2.45, 2.75) is 25.8 Å². The number of benzene rings is 1. The van der Waals surface area contributed by atoms with Crippen LogP contribution in [0.5, 0.6) is 0 Å². The normalized spacial score (nSPS) is 15.3. The molecule has 1 aliphatic carbocycles. The molecule has 82 valence electrons. The van der Waals surface area contributed by atoms with Crippen LogP contribution in [0.4, 0.5) is 5.69 Å². The summed E-state index contributed by atoms with van der Waals surface area (Å²) in [6.45, 7) is 2.05. The fourth-order valence-corrected chi connectivity index (χ4v) is 1.96. The van der Waals surface area contributed by atoms with E-state index in [4.69, 9.17) is 5.73 Å². The van der Waals surface area contributed by atoms with Crippen molar-refractivity contribution in [2.75, 3.05) is 5.73 Å². The molecule has 0 amide bonds. The molecule has 3 rings (SSSR count). The van der Waals surface area contributed by atoms with Crippen LogP contribution in [0.15, 0.2) is 30.6 Å². The van der Waals surface area contributed by atoms with Gasteiger partial charge in [0.2, 0.25) is 0 Å². The first kappa shape index (κ1) is 9.46. The molecule has 0 radical (unpaired) electrons. The van der Waals surface area contributed by atoms with E-state index in [9.17, 15) is 0 Å². The molecule has 1 aromatic carbocycles. The van der Waals surface area contributed by atoms with Crippen LogP contribution in [-0.2, 0) is 0 Å². The van der Waals surface area contributed by atoms with E-state index in [1.165, 1.54) is 18.4 Å². The fourth-order valence-electron chi connectivity index (χ4n) is 1.96. The molecule has 0 aliphatic heterocycles. The van der Waals surface area contributed by atoms with E-state index in [2.05, 4.69) is 28.1 Å². The number of aromatic nitrogens is 2. The third-order valence-electron chi connectivity index (χ3n) is 3.04. The van der Waals surface area contributed by atoms with E-state index >= 15 is 0 Å². The highest BCUT2D eigenvalue weighted by Gasteiger charge is 2.24. The lowest BCUT2D eigenvalue weighted by Gasteiger charge is -2.03. The van der Waals surface area contributed by atoms with Crippen LogP contribution < -0.4 is 5.73 Å². The Morgan fingerprint density at radius 2 is 2.19 bits per heavy atom. The lowest BCUT2D eigenvalue weighted by atomic mass is 10.1. The Balaban J connectivity index is 2.00. The van der Waals surface area contributed by atoms with Crippen LogP contribution in [-0.4, -0.2) is 9.78 Å². The van der Waals surface area contributed by atoms with Crippen LogP contribution in [0.2, 0.25) is 0 Å². The van der Waals surface area contributed by atoms with Crippen molar-refractivity contribution in [3.63, 3.8) is 0 Å². The van der Waals surface area contributed by atoms with Gasteiger partial charge in [0.25, 0.3) is 0 Å². The first-order chi connectivity index (χ1) is 7.74. The van der Waals surface area contributed by atoms with Crippen LogP contribution in [0.3, 0.4) is 0 Å². The summed E-state index contributed by atoms with van der Waals surface area (Å²) >= 11 is 0. The van der Waals surface area contributed by atoms with Crippen LogP contribution >= 0.6 is 0 Å². The van der Waals surface area contributed by atoms with Crippen molar-refractivity contribution in [2.24, 2.45) is 0 Å². The summed E-state index contributed by atoms with van der Waals surface area (Å²) in [5.74, 6) is 0. The molecule has 1 aliphatic rings. The van der Waals surface area contributed by atoms with Crippen LogP contribution in [0, 0.1) is 6.92 Å². The molecule has 1 heterocycles. The number of nitrogens with two attached hydrogens (primary N) is 1. The average Bonchev–Trinajstić information content (AvgIpc) is 2.98. The molecule has 3 nitrogen and oxygen atoms in total. The minimum absolute atomic E-state index is 0.625. The number of hydrogen-bond acceptors (Lipinski definition) is 2. The molecule has 0 unspecified atom stereocenters. The second-order valence-electron chi connectivity index (χ2n) is 4.53. The lowest BCUT2D eigenvalue weighted by Crippen LogP contribution is -1.92. The van der Waals surface area contributed by atoms with E-state index in [-0.39, 0.29) is 0 Å². The largest absolute Gasteiger partial charge is 0.398 e. The van der Waals surface area contributed by atoms with Gasteiger partial charge in [-0.05, 0) is 31.4 Å². The van der Waals surface area contributed by atoms with Gasteiger partial charge in [0, 0.05) is 23.0 Å². The van der Waals surface area contributed by atoms with Crippen molar-refractivity contribution in [3.8, 4) is 11.1 Å². The molecule has 1 aromatic heterocycles. The van der Waals surface area contributed by atoms with Crippen molar-refractivity contribution >= 4 is 5.69 Å². The molecule has 0 bridgehead atoms. The molecule has 16 heavy (non-hydrogen) atoms. The summed E-state index contributed by atoms with van der Waals surface area (Å²) in [5, 5.41) is 4.38. The summed E-state index contributed by atoms with van der Waals surface area (Å²) in [5.41, 5.74) is 10.2. The third-order valence-corrected chi connectivity index (χ3v) is 3.04. The molecule has 0 spiro atoms. The van der Waals surface area contributed by atoms with Crippen LogP contribution in [0.25, 0.3) is 11.1 Å². The lowest BCUT2D eigenvalue weighted by molar-refractivity contribution is 0.642. The zero-order valence-corrected chi connectivity index (χ0v) is 9.35. The Kier molecular flexibility index (Phi) is 1.99. The number of hydrogen-bond donors (Lipinski definition) is 1. The smallest absolute Gasteiger partial charge is 0.0569 e. The Bertz CT molecular complexity index is 524. The van der Waals surface area contributed by atoms with Gasteiger partial charge < -0.3 is 5.73 Å². The summed E-state index contributed by atoms with van der Waals surface area (Å²) in [6.07, 6.45) is 6.51. The minimum atomic E-state index is 0.625. The van der Waals surface area contributed by atoms with E-state index in [1.54, 1.807) is 0 Å². The van der Waals surface area contributed by atoms with Crippen molar-refractivity contribution in [1.29, 1.82) is 0 Å². The average molecular weight is 213 g/mol. The van der Waals surface area contributed by atoms with Crippen LogP contribution in [0.1, 0.15) is 24.4 Å². The number of anilines is 1. The zero-order valence-electron chi connectivity index (χ0n) is 9.35. The first-order valence-corrected chi connectivity index (χ1v) is 5.65. The molecule has 1 fully saturated rings. The fraction of sp³-hybridized carbons (Fsp3) is 0.308. The number of nitrogens with zero attached hydrogens (tertiary/aromatic N) is 2. The monoisotopic (exact) mass is 213 g/mol. The van der Waals surface area contributed by atoms with Gasteiger partial charge >= 0.3 is 0 Å². The second kappa shape index (κ2) is 3.37. The van der Waals surface area contributed by atoms with Gasteiger partial charge in [-0.3, -0.25) is 4.68 Å². The second-order valence-corrected chi connectivity index (χ2v) is 4.53. The Morgan fingerprint density at radius 1 is 1.38 bits per heavy atom. The predicted octanol–water partition coefficient (Wildman–Crippen LogP) is 2.78. The summed E-state index contributed by atoms with van der Waals surface area (Å²) < 4.78 is 2.05. The van der Waals surface area contributed by atoms with Gasteiger partial charge in [-0.2, -0.15) is 5.10 Å². The van der Waals surface area contributed by atoms with Gasteiger partial charge in [-0.1, -0.05) is 12.1 Å². The van der Waals surface area contributed by atoms with Crippen molar-refractivity contribution in [3.05, 3.63) is 36.2 Å². The summed E-state index contributed by atoms with van der Waals surface area (Å²) in [4.78, 5) is 0. The molecule has 0 atom stereocenters. The topological polar surface area (TPSA) is 43.8 Å². The van der Waals surface area contributed by atoms with Gasteiger partial charge in [0.15, 0.2) is 0 Å². The molecule has 2 N–H and O–H groups in total. The molecule has 0 saturated heterocycles. The SMILES string of the molecule is Cc1ccc(-c2cnn(C3CC3)c2)c(N)c1. The number of nitrogen functional groups attached to an aromatic ring is 1. The molecule has 3 heteroatoms. The van der Waals surface area contributed by atoms with E-state index in [0.29, 0.717) is 6.04 Å². The van der Waals surface area contributed by atoms with E-state index in [0.717, 1.165) is 16.8 Å². The Labute approximate surface area is 94.9 Å².